The molecule has 1 aromatic rings. The van der Waals surface area contributed by atoms with Gasteiger partial charge in [-0.2, -0.15) is 0 Å². The Morgan fingerprint density at radius 2 is 2.03 bits per heavy atom. The largest absolute Gasteiger partial charge is 0.387 e. The Labute approximate surface area is 198 Å². The molecule has 1 atom stereocenters. The molecule has 1 fully saturated rings. The van der Waals surface area contributed by atoms with E-state index in [9.17, 15) is 9.59 Å². The molecular weight excluding hydrogens is 485 g/mol. The van der Waals surface area contributed by atoms with E-state index < -0.39 is 12.5 Å². The summed E-state index contributed by atoms with van der Waals surface area (Å²) in [4.78, 5) is 25.2. The normalized spacial score (nSPS) is 16.5. The molecule has 1 aliphatic rings. The average Bonchev–Trinajstić information content (AvgIpc) is 2.73. The van der Waals surface area contributed by atoms with Gasteiger partial charge in [-0.3, -0.25) is 25.3 Å². The first-order valence-corrected chi connectivity index (χ1v) is 11.8. The summed E-state index contributed by atoms with van der Waals surface area (Å²) in [5.41, 5.74) is 1.05. The molecule has 2 rings (SSSR count). The lowest BCUT2D eigenvalue weighted by atomic mass is 10.2. The van der Waals surface area contributed by atoms with Crippen LogP contribution in [0.4, 0.5) is 0 Å². The highest BCUT2D eigenvalue weighted by molar-refractivity contribution is 8.44. The number of carbonyl (C=O) groups is 2. The van der Waals surface area contributed by atoms with Crippen molar-refractivity contribution in [3.05, 3.63) is 33.8 Å². The number of halogens is 2. The molecule has 31 heavy (non-hydrogen) atoms. The minimum absolute atomic E-state index is 0.00671. The number of thioether (sulfide) groups is 2. The second-order valence-corrected chi connectivity index (χ2v) is 9.57. The monoisotopic (exact) mass is 507 g/mol. The van der Waals surface area contributed by atoms with E-state index in [2.05, 4.69) is 15.5 Å². The van der Waals surface area contributed by atoms with Gasteiger partial charge < -0.3 is 20.5 Å². The number of aliphatic hydroxyl groups excluding tert-OH is 1. The lowest BCUT2D eigenvalue weighted by molar-refractivity contribution is -0.122. The maximum atomic E-state index is 12.1. The molecule has 1 saturated heterocycles. The minimum Gasteiger partial charge on any atom is -0.387 e. The van der Waals surface area contributed by atoms with Crippen molar-refractivity contribution < 1.29 is 19.4 Å². The summed E-state index contributed by atoms with van der Waals surface area (Å²) in [6, 6.07) is 5.54. The highest BCUT2D eigenvalue weighted by atomic mass is 35.5. The van der Waals surface area contributed by atoms with Gasteiger partial charge in [-0.15, -0.1) is 0 Å². The molecule has 0 aliphatic carbocycles. The Balaban J connectivity index is 1.67. The van der Waals surface area contributed by atoms with E-state index in [1.54, 1.807) is 6.07 Å². The second kappa shape index (κ2) is 13.3. The first kappa shape index (κ1) is 25.9. The second-order valence-electron chi connectivity index (χ2n) is 6.49. The van der Waals surface area contributed by atoms with Crippen molar-refractivity contribution >= 4 is 68.1 Å². The molecule has 13 heteroatoms. The van der Waals surface area contributed by atoms with Crippen LogP contribution in [0.25, 0.3) is 0 Å². The third-order valence-electron chi connectivity index (χ3n) is 4.07. The topological polar surface area (TPSA) is 139 Å². The van der Waals surface area contributed by atoms with Gasteiger partial charge in [0, 0.05) is 26.2 Å². The van der Waals surface area contributed by atoms with E-state index in [1.165, 1.54) is 0 Å². The molecular formula is C18H23Cl2N5O4S2. The molecule has 1 heterocycles. The summed E-state index contributed by atoms with van der Waals surface area (Å²) >= 11 is 13.7. The van der Waals surface area contributed by atoms with E-state index in [0.29, 0.717) is 48.0 Å². The van der Waals surface area contributed by atoms with Crippen LogP contribution in [0.5, 0.6) is 0 Å². The van der Waals surface area contributed by atoms with Crippen LogP contribution in [-0.4, -0.2) is 76.1 Å². The van der Waals surface area contributed by atoms with Crippen molar-refractivity contribution in [3.63, 3.8) is 0 Å². The number of aliphatic hydroxyl groups is 1. The molecule has 170 valence electrons. The van der Waals surface area contributed by atoms with Gasteiger partial charge in [0.15, 0.2) is 5.17 Å². The summed E-state index contributed by atoms with van der Waals surface area (Å²) in [5, 5.41) is 29.5. The van der Waals surface area contributed by atoms with Crippen LogP contribution >= 0.6 is 46.7 Å². The zero-order valence-corrected chi connectivity index (χ0v) is 19.6. The Hall–Kier alpha value is -1.34. The summed E-state index contributed by atoms with van der Waals surface area (Å²) in [7, 11) is 0. The van der Waals surface area contributed by atoms with Gasteiger partial charge in [-0.25, -0.2) is 0 Å². The first-order chi connectivity index (χ1) is 14.8. The smallest absolute Gasteiger partial charge is 0.251 e. The van der Waals surface area contributed by atoms with Crippen LogP contribution in [-0.2, 0) is 20.9 Å². The van der Waals surface area contributed by atoms with E-state index in [0.717, 1.165) is 23.9 Å². The summed E-state index contributed by atoms with van der Waals surface area (Å²) in [6.45, 7) is 2.29. The molecule has 0 unspecified atom stereocenters. The molecule has 0 bridgehead atoms. The van der Waals surface area contributed by atoms with E-state index in [-0.39, 0.29) is 27.3 Å². The number of carbonyl (C=O) groups excluding carboxylic acids is 2. The third-order valence-corrected chi connectivity index (χ3v) is 6.57. The summed E-state index contributed by atoms with van der Waals surface area (Å²) in [5.74, 6) is -0.979. The van der Waals surface area contributed by atoms with E-state index in [4.69, 9.17) is 43.9 Å². The number of hydrogen-bond acceptors (Lipinski definition) is 9. The molecule has 1 aromatic carbocycles. The van der Waals surface area contributed by atoms with Crippen molar-refractivity contribution in [3.8, 4) is 0 Å². The lowest BCUT2D eigenvalue weighted by Crippen LogP contribution is -2.47. The number of rotatable bonds is 7. The Bertz CT molecular complexity index is 830. The lowest BCUT2D eigenvalue weighted by Gasteiger charge is -2.33. The van der Waals surface area contributed by atoms with Gasteiger partial charge in [0.05, 0.1) is 28.5 Å². The molecule has 0 saturated carbocycles. The predicted molar refractivity (Wildman–Crippen MR) is 125 cm³/mol. The number of amides is 2. The average molecular weight is 508 g/mol. The third kappa shape index (κ3) is 9.77. The van der Waals surface area contributed by atoms with Crippen LogP contribution in [0.3, 0.4) is 0 Å². The Kier molecular flexibility index (Phi) is 11.1. The fourth-order valence-corrected chi connectivity index (χ4v) is 4.37. The Morgan fingerprint density at radius 1 is 1.26 bits per heavy atom. The van der Waals surface area contributed by atoms with Gasteiger partial charge in [0.1, 0.15) is 11.0 Å². The van der Waals surface area contributed by atoms with Crippen molar-refractivity contribution in [2.24, 2.45) is 0 Å². The molecule has 2 amide bonds. The fourth-order valence-electron chi connectivity index (χ4n) is 2.67. The number of nitrogens with zero attached hydrogens (tertiary/aromatic N) is 1. The van der Waals surface area contributed by atoms with Crippen LogP contribution in [0, 0.1) is 10.8 Å². The van der Waals surface area contributed by atoms with Crippen LogP contribution in [0.15, 0.2) is 18.2 Å². The molecule has 0 radical (unpaired) electrons. The van der Waals surface area contributed by atoms with Crippen molar-refractivity contribution in [2.45, 2.75) is 12.6 Å². The highest BCUT2D eigenvalue weighted by Crippen LogP contribution is 2.23. The van der Waals surface area contributed by atoms with E-state index >= 15 is 0 Å². The number of amidine groups is 1. The van der Waals surface area contributed by atoms with E-state index in [1.807, 2.05) is 12.1 Å². The van der Waals surface area contributed by atoms with Crippen LogP contribution in [0.1, 0.15) is 5.56 Å². The Morgan fingerprint density at radius 3 is 2.74 bits per heavy atom. The fraction of sp³-hybridized carbons (Fsp3) is 0.444. The number of hydrogen-bond donors (Lipinski definition) is 5. The standard InChI is InChI=1S/C18H23Cl2N5O4S2/c19-13-2-1-11(5-14(13)20)7-25-3-4-29-12(8-25)6-23-16(28)10-30-18(22)31-17(21)24-15(27)9-26/h1-2,5,12,22,26H,3-4,6-10H2,(H,23,28)(H2,21,24,27)/t12-/m0/s1. The minimum atomic E-state index is -0.736. The maximum absolute atomic E-state index is 12.1. The quantitative estimate of drug-likeness (QED) is 0.279. The summed E-state index contributed by atoms with van der Waals surface area (Å²) < 4.78 is 5.71. The highest BCUT2D eigenvalue weighted by Gasteiger charge is 2.21. The zero-order valence-electron chi connectivity index (χ0n) is 16.5. The number of ether oxygens (including phenoxy) is 1. The summed E-state index contributed by atoms with van der Waals surface area (Å²) in [6.07, 6.45) is -0.152. The zero-order chi connectivity index (χ0) is 22.8. The molecule has 5 N–H and O–H groups in total. The van der Waals surface area contributed by atoms with Crippen LogP contribution in [0.2, 0.25) is 10.0 Å². The molecule has 0 spiro atoms. The molecule has 1 aliphatic heterocycles. The number of benzene rings is 1. The van der Waals surface area contributed by atoms with Crippen molar-refractivity contribution in [2.75, 3.05) is 38.6 Å². The van der Waals surface area contributed by atoms with Gasteiger partial charge in [-0.1, -0.05) is 41.0 Å². The van der Waals surface area contributed by atoms with Gasteiger partial charge in [0.25, 0.3) is 5.91 Å². The van der Waals surface area contributed by atoms with Gasteiger partial charge >= 0.3 is 0 Å². The van der Waals surface area contributed by atoms with Crippen LogP contribution < -0.4 is 10.6 Å². The number of nitrogens with one attached hydrogen (secondary N) is 4. The SMILES string of the molecule is N=C(NC(=O)CO)SC(=N)SCC(=O)NC[C@H]1CN(Cc2ccc(Cl)c(Cl)c2)CCO1. The van der Waals surface area contributed by atoms with Gasteiger partial charge in [-0.05, 0) is 29.5 Å². The molecule has 9 nitrogen and oxygen atoms in total. The van der Waals surface area contributed by atoms with Crippen molar-refractivity contribution in [1.82, 2.24) is 15.5 Å². The maximum Gasteiger partial charge on any atom is 0.251 e. The molecule has 0 aromatic heterocycles. The van der Waals surface area contributed by atoms with Gasteiger partial charge in [0.2, 0.25) is 5.91 Å². The first-order valence-electron chi connectivity index (χ1n) is 9.20. The number of morpholine rings is 1. The van der Waals surface area contributed by atoms with Crippen molar-refractivity contribution in [1.29, 1.82) is 10.8 Å². The predicted octanol–water partition coefficient (Wildman–Crippen LogP) is 1.75.